The molecule has 3 aromatic rings. The van der Waals surface area contributed by atoms with Crippen LogP contribution in [0.2, 0.25) is 0 Å². The van der Waals surface area contributed by atoms with Crippen LogP contribution in [0.25, 0.3) is 11.1 Å². The lowest BCUT2D eigenvalue weighted by Gasteiger charge is -2.28. The van der Waals surface area contributed by atoms with Crippen LogP contribution in [0.3, 0.4) is 0 Å². The Kier molecular flexibility index (Phi) is 17.0. The fourth-order valence-corrected chi connectivity index (χ4v) is 5.01. The molecule has 2 unspecified atom stereocenters. The van der Waals surface area contributed by atoms with Gasteiger partial charge in [0.05, 0.1) is 6.04 Å². The Bertz CT molecular complexity index is 1710. The zero-order chi connectivity index (χ0) is 40.6. The largest absolute Gasteiger partial charge is 0.554 e. The molecule has 0 spiro atoms. The second-order valence-corrected chi connectivity index (χ2v) is 12.4. The van der Waals surface area contributed by atoms with Crippen LogP contribution < -0.4 is 37.1 Å². The molecule has 0 bridgehead atoms. The molecule has 0 saturated carbocycles. The molecule has 0 aliphatic carbocycles. The lowest BCUT2D eigenvalue weighted by molar-refractivity contribution is -0.377. The molecular weight excluding hydrogens is 717 g/mol. The molecule has 0 aliphatic rings. The van der Waals surface area contributed by atoms with E-state index in [4.69, 9.17) is 15.6 Å². The number of benzene rings is 2. The van der Waals surface area contributed by atoms with E-state index in [1.165, 1.54) is 31.2 Å². The molecule has 3 rings (SSSR count). The number of primary amides is 1. The number of pyridine rings is 1. The van der Waals surface area contributed by atoms with Crippen molar-refractivity contribution in [3.05, 3.63) is 84.2 Å². The van der Waals surface area contributed by atoms with Crippen LogP contribution in [-0.4, -0.2) is 82.7 Å². The number of alkyl halides is 3. The number of carbonyl (C=O) groups excluding carboxylic acids is 6. The van der Waals surface area contributed by atoms with Crippen LogP contribution in [0, 0.1) is 5.92 Å². The van der Waals surface area contributed by atoms with Gasteiger partial charge in [0.25, 0.3) is 5.91 Å². The molecule has 1 aromatic heterocycles. The van der Waals surface area contributed by atoms with E-state index in [0.717, 1.165) is 11.1 Å². The van der Waals surface area contributed by atoms with Gasteiger partial charge in [0, 0.05) is 36.5 Å². The topological polar surface area (TPSA) is 254 Å². The van der Waals surface area contributed by atoms with Gasteiger partial charge in [-0.3, -0.25) is 24.0 Å². The Labute approximate surface area is 308 Å². The van der Waals surface area contributed by atoms with Crippen molar-refractivity contribution in [2.75, 3.05) is 0 Å². The minimum atomic E-state index is -5.13. The fraction of sp³-hybridized carbons (Fsp3) is 0.361. The van der Waals surface area contributed by atoms with Crippen LogP contribution in [0.1, 0.15) is 49.5 Å². The number of nitrogens with one attached hydrogen (secondary N) is 5. The first-order valence-electron chi connectivity index (χ1n) is 16.5. The van der Waals surface area contributed by atoms with Crippen LogP contribution in [0.15, 0.2) is 73.1 Å². The Morgan fingerprint density at radius 3 is 2.00 bits per heavy atom. The van der Waals surface area contributed by atoms with Gasteiger partial charge < -0.3 is 47.1 Å². The monoisotopic (exact) mass is 760 g/mol. The van der Waals surface area contributed by atoms with E-state index in [9.17, 15) is 47.4 Å². The average Bonchev–Trinajstić information content (AvgIpc) is 3.12. The number of phenols is 1. The molecule has 0 aliphatic heterocycles. The maximum atomic E-state index is 13.6. The quantitative estimate of drug-likeness (QED) is 0.0962. The highest BCUT2D eigenvalue weighted by atomic mass is 19.4. The van der Waals surface area contributed by atoms with Gasteiger partial charge >= 0.3 is 6.18 Å². The summed E-state index contributed by atoms with van der Waals surface area (Å²) in [5, 5.41) is 37.4. The number of aromatic amines is 1. The molecule has 292 valence electrons. The maximum Gasteiger partial charge on any atom is 0.416 e. The number of nitrogens with two attached hydrogens (primary N) is 1. The number of amides is 5. The Balaban J connectivity index is 0.00000325. The summed E-state index contributed by atoms with van der Waals surface area (Å²) in [6.07, 6.45) is -5.92. The average molecular weight is 761 g/mol. The summed E-state index contributed by atoms with van der Waals surface area (Å²) < 4.78 is 39.8. The number of hydrogen-bond donors (Lipinski definition) is 7. The Hall–Kier alpha value is -6.04. The van der Waals surface area contributed by atoms with Gasteiger partial charge in [-0.2, -0.15) is 13.2 Å². The minimum Gasteiger partial charge on any atom is -0.554 e. The van der Waals surface area contributed by atoms with Crippen LogP contribution in [0.4, 0.5) is 13.2 Å². The number of aromatic hydroxyl groups is 1. The Morgan fingerprint density at radius 2 is 1.48 bits per heavy atom. The normalized spacial score (nSPS) is 13.8. The van der Waals surface area contributed by atoms with Crippen molar-refractivity contribution in [1.82, 2.24) is 21.3 Å². The molecule has 54 heavy (non-hydrogen) atoms. The summed E-state index contributed by atoms with van der Waals surface area (Å²) in [4.78, 5) is 75.6. The molecule has 0 fully saturated rings. The van der Waals surface area contributed by atoms with Gasteiger partial charge in [-0.25, -0.2) is 4.98 Å². The van der Waals surface area contributed by atoms with Crippen molar-refractivity contribution >= 4 is 36.0 Å². The van der Waals surface area contributed by atoms with Gasteiger partial charge in [0.1, 0.15) is 23.9 Å². The van der Waals surface area contributed by atoms with Crippen molar-refractivity contribution in [1.29, 1.82) is 0 Å². The summed E-state index contributed by atoms with van der Waals surface area (Å²) in [7, 11) is 0. The highest BCUT2D eigenvalue weighted by molar-refractivity contribution is 5.99. The van der Waals surface area contributed by atoms with Crippen molar-refractivity contribution < 1.29 is 62.2 Å². The van der Waals surface area contributed by atoms with E-state index in [0.29, 0.717) is 5.56 Å². The third kappa shape index (κ3) is 14.2. The number of aromatic nitrogens is 1. The number of phenolic OH excluding ortho intramolecular Hbond substituents is 1. The number of aliphatic hydroxyl groups excluding tert-OH is 1. The summed E-state index contributed by atoms with van der Waals surface area (Å²) in [5.74, 6) is -4.75. The van der Waals surface area contributed by atoms with E-state index < -0.39 is 91.2 Å². The second kappa shape index (κ2) is 20.9. The first-order valence-corrected chi connectivity index (χ1v) is 16.5. The molecule has 5 atom stereocenters. The first-order chi connectivity index (χ1) is 25.4. The van der Waals surface area contributed by atoms with E-state index in [2.05, 4.69) is 20.9 Å². The predicted molar refractivity (Wildman–Crippen MR) is 184 cm³/mol. The molecule has 9 N–H and O–H groups in total. The van der Waals surface area contributed by atoms with Gasteiger partial charge in [-0.1, -0.05) is 38.1 Å². The number of carbonyl (C=O) groups is 6. The van der Waals surface area contributed by atoms with Crippen LogP contribution in [-0.2, 0) is 30.4 Å². The van der Waals surface area contributed by atoms with Crippen molar-refractivity contribution in [2.45, 2.75) is 76.5 Å². The summed E-state index contributed by atoms with van der Waals surface area (Å²) in [5.41, 5.74) is 7.55. The molecule has 0 saturated heterocycles. The maximum absolute atomic E-state index is 13.6. The second-order valence-electron chi connectivity index (χ2n) is 12.4. The van der Waals surface area contributed by atoms with Crippen molar-refractivity contribution in [3.63, 3.8) is 0 Å². The molecule has 2 aromatic carbocycles. The van der Waals surface area contributed by atoms with E-state index in [-0.39, 0.29) is 17.7 Å². The molecule has 18 heteroatoms. The van der Waals surface area contributed by atoms with Crippen LogP contribution in [0.5, 0.6) is 5.75 Å². The van der Waals surface area contributed by atoms with Gasteiger partial charge in [0.2, 0.25) is 23.6 Å². The lowest BCUT2D eigenvalue weighted by atomic mass is 10.00. The third-order valence-electron chi connectivity index (χ3n) is 7.93. The smallest absolute Gasteiger partial charge is 0.416 e. The zero-order valence-electron chi connectivity index (χ0n) is 29.6. The number of hydrogen-bond acceptors (Lipinski definition) is 9. The standard InChI is InChI=1S/C35H41F3N6O7.CH2O2/c1-19(2)29(44-32(49)23-10-8-22(9-11-23)24-5-4-16-40-18-24)34(51)43-27(17-21-6-12-25(45)13-7-21)33(50)41-20(3)31(48)42-26(14-15-28(39)46)30(47)35(36,37)38;2-1-3/h4-13,16,18-20,26-27,29-30,45,47H,14-15,17H2,1-3H3,(H2,39,46)(H,41,50)(H,42,48)(H,43,51)(H,44,49);1H,(H,2,3)/t20-,26?,27-,29-,30?;/m0./s1. The lowest BCUT2D eigenvalue weighted by Crippen LogP contribution is -2.59. The van der Waals surface area contributed by atoms with Gasteiger partial charge in [0.15, 0.2) is 18.5 Å². The van der Waals surface area contributed by atoms with E-state index in [1.54, 1.807) is 50.5 Å². The van der Waals surface area contributed by atoms with Crippen molar-refractivity contribution in [2.24, 2.45) is 11.7 Å². The summed E-state index contributed by atoms with van der Waals surface area (Å²) in [6.45, 7) is 4.05. The van der Waals surface area contributed by atoms with Crippen molar-refractivity contribution in [3.8, 4) is 16.9 Å². The minimum absolute atomic E-state index is 0.0567. The zero-order valence-corrected chi connectivity index (χ0v) is 29.6. The van der Waals surface area contributed by atoms with Gasteiger partial charge in [-0.05, 0) is 60.7 Å². The molecular formula is C36H43F3N6O9. The summed E-state index contributed by atoms with van der Waals surface area (Å²) in [6, 6.07) is 10.3. The predicted octanol–water partition coefficient (Wildman–Crippen LogP) is -0.100. The van der Waals surface area contributed by atoms with Crippen LogP contribution >= 0.6 is 0 Å². The molecule has 15 nitrogen and oxygen atoms in total. The van der Waals surface area contributed by atoms with Gasteiger partial charge in [-0.15, -0.1) is 0 Å². The number of aliphatic hydroxyl groups is 1. The number of H-pyrrole nitrogens is 1. The molecule has 0 radical (unpaired) electrons. The highest BCUT2D eigenvalue weighted by Gasteiger charge is 2.44. The number of halogens is 3. The number of rotatable bonds is 16. The fourth-order valence-electron chi connectivity index (χ4n) is 5.01. The highest BCUT2D eigenvalue weighted by Crippen LogP contribution is 2.24. The first kappa shape index (κ1) is 44.1. The Morgan fingerprint density at radius 1 is 0.870 bits per heavy atom. The molecule has 5 amide bonds. The third-order valence-corrected chi connectivity index (χ3v) is 7.93. The SMILES string of the molecule is CC(C)[C@H](NC(=O)c1ccc(-c2ccc[nH+]c2)cc1)C(=O)N[C@@H](Cc1ccc(O)cc1)C(=O)N[C@@H](C)C(=O)NC(CCC(N)=O)C(O)C(F)(F)F.O=C[O-]. The number of carboxylic acid groups (broad SMARTS) is 1. The van der Waals surface area contributed by atoms with E-state index in [1.807, 2.05) is 17.4 Å². The molecule has 1 heterocycles. The van der Waals surface area contributed by atoms with E-state index >= 15 is 0 Å². The summed E-state index contributed by atoms with van der Waals surface area (Å²) >= 11 is 0.